The molecule has 0 spiro atoms. The van der Waals surface area contributed by atoms with E-state index in [4.69, 9.17) is 10.3 Å². The van der Waals surface area contributed by atoms with Gasteiger partial charge in [0.2, 0.25) is 11.7 Å². The summed E-state index contributed by atoms with van der Waals surface area (Å²) < 4.78 is 5.30. The number of nitrogens with zero attached hydrogens (tertiary/aromatic N) is 2. The molecule has 0 saturated heterocycles. The third-order valence-corrected chi connectivity index (χ3v) is 3.34. The van der Waals surface area contributed by atoms with Crippen LogP contribution in [0.1, 0.15) is 32.6 Å². The van der Waals surface area contributed by atoms with Gasteiger partial charge in [0.05, 0.1) is 0 Å². The Hall–Kier alpha value is -1.68. The van der Waals surface area contributed by atoms with Crippen LogP contribution < -0.4 is 5.73 Å². The highest BCUT2D eigenvalue weighted by molar-refractivity contribution is 5.53. The van der Waals surface area contributed by atoms with E-state index in [0.717, 1.165) is 24.8 Å². The highest BCUT2D eigenvalue weighted by Crippen LogP contribution is 2.26. The molecule has 1 aromatic heterocycles. The molecular formula is C15H21N3O. The number of hydrogen-bond donors (Lipinski definition) is 1. The standard InChI is InChI=1S/C15H21N3O/c1-15(2,10-11-16)9-8-13-17-14(18-19-13)12-6-4-3-5-7-12/h3-7H,8-11,16H2,1-2H3. The van der Waals surface area contributed by atoms with Gasteiger partial charge in [-0.3, -0.25) is 0 Å². The molecule has 1 aromatic carbocycles. The van der Waals surface area contributed by atoms with Crippen LogP contribution in [-0.2, 0) is 6.42 Å². The lowest BCUT2D eigenvalue weighted by atomic mass is 9.84. The van der Waals surface area contributed by atoms with Gasteiger partial charge in [0.25, 0.3) is 0 Å². The van der Waals surface area contributed by atoms with Crippen molar-refractivity contribution in [1.29, 1.82) is 0 Å². The molecule has 2 rings (SSSR count). The van der Waals surface area contributed by atoms with Crippen molar-refractivity contribution < 1.29 is 4.52 Å². The first-order valence-corrected chi connectivity index (χ1v) is 6.69. The maximum Gasteiger partial charge on any atom is 0.226 e. The van der Waals surface area contributed by atoms with E-state index in [1.54, 1.807) is 0 Å². The van der Waals surface area contributed by atoms with Gasteiger partial charge in [-0.1, -0.05) is 49.3 Å². The predicted molar refractivity (Wildman–Crippen MR) is 75.5 cm³/mol. The number of aryl methyl sites for hydroxylation is 1. The summed E-state index contributed by atoms with van der Waals surface area (Å²) in [5, 5.41) is 4.02. The van der Waals surface area contributed by atoms with E-state index in [9.17, 15) is 0 Å². The fourth-order valence-electron chi connectivity index (χ4n) is 2.02. The molecule has 4 nitrogen and oxygen atoms in total. The molecule has 0 saturated carbocycles. The van der Waals surface area contributed by atoms with Crippen molar-refractivity contribution in [3.8, 4) is 11.4 Å². The Kier molecular flexibility index (Phi) is 4.32. The first-order chi connectivity index (χ1) is 9.11. The predicted octanol–water partition coefficient (Wildman–Crippen LogP) is 3.04. The zero-order valence-corrected chi connectivity index (χ0v) is 11.6. The lowest BCUT2D eigenvalue weighted by Crippen LogP contribution is -2.17. The molecule has 0 fully saturated rings. The summed E-state index contributed by atoms with van der Waals surface area (Å²) in [5.74, 6) is 1.36. The van der Waals surface area contributed by atoms with Gasteiger partial charge >= 0.3 is 0 Å². The molecule has 19 heavy (non-hydrogen) atoms. The lowest BCUT2D eigenvalue weighted by molar-refractivity contribution is 0.289. The maximum atomic E-state index is 5.61. The molecule has 0 atom stereocenters. The SMILES string of the molecule is CC(C)(CCN)CCc1nc(-c2ccccc2)no1. The van der Waals surface area contributed by atoms with Crippen LogP contribution in [-0.4, -0.2) is 16.7 Å². The average molecular weight is 259 g/mol. The van der Waals surface area contributed by atoms with Gasteiger partial charge in [-0.25, -0.2) is 0 Å². The number of nitrogens with two attached hydrogens (primary N) is 1. The van der Waals surface area contributed by atoms with E-state index in [0.29, 0.717) is 18.3 Å². The Bertz CT molecular complexity index is 505. The second-order valence-corrected chi connectivity index (χ2v) is 5.58. The van der Waals surface area contributed by atoms with Crippen LogP contribution in [0.25, 0.3) is 11.4 Å². The number of rotatable bonds is 6. The summed E-state index contributed by atoms with van der Waals surface area (Å²) in [6, 6.07) is 9.87. The van der Waals surface area contributed by atoms with Crippen molar-refractivity contribution in [2.45, 2.75) is 33.1 Å². The van der Waals surface area contributed by atoms with Crippen LogP contribution in [0.2, 0.25) is 0 Å². The summed E-state index contributed by atoms with van der Waals surface area (Å²) in [5.41, 5.74) is 6.82. The molecular weight excluding hydrogens is 238 g/mol. The zero-order valence-electron chi connectivity index (χ0n) is 11.6. The van der Waals surface area contributed by atoms with E-state index in [2.05, 4.69) is 24.0 Å². The number of aromatic nitrogens is 2. The molecule has 0 radical (unpaired) electrons. The second kappa shape index (κ2) is 5.97. The second-order valence-electron chi connectivity index (χ2n) is 5.58. The Morgan fingerprint density at radius 1 is 1.16 bits per heavy atom. The van der Waals surface area contributed by atoms with E-state index < -0.39 is 0 Å². The zero-order chi connectivity index (χ0) is 13.7. The first kappa shape index (κ1) is 13.7. The van der Waals surface area contributed by atoms with Crippen molar-refractivity contribution >= 4 is 0 Å². The number of hydrogen-bond acceptors (Lipinski definition) is 4. The molecule has 2 N–H and O–H groups in total. The van der Waals surface area contributed by atoms with E-state index in [-0.39, 0.29) is 5.41 Å². The third kappa shape index (κ3) is 3.89. The summed E-state index contributed by atoms with van der Waals surface area (Å²) >= 11 is 0. The number of benzene rings is 1. The van der Waals surface area contributed by atoms with E-state index >= 15 is 0 Å². The largest absolute Gasteiger partial charge is 0.339 e. The van der Waals surface area contributed by atoms with Gasteiger partial charge in [0.15, 0.2) is 0 Å². The quantitative estimate of drug-likeness (QED) is 0.866. The van der Waals surface area contributed by atoms with Crippen molar-refractivity contribution in [3.05, 3.63) is 36.2 Å². The Balaban J connectivity index is 1.99. The van der Waals surface area contributed by atoms with Crippen LogP contribution in [0, 0.1) is 5.41 Å². The molecule has 2 aromatic rings. The van der Waals surface area contributed by atoms with E-state index in [1.165, 1.54) is 0 Å². The van der Waals surface area contributed by atoms with Crippen molar-refractivity contribution in [1.82, 2.24) is 10.1 Å². The average Bonchev–Trinajstić information content (AvgIpc) is 2.86. The minimum Gasteiger partial charge on any atom is -0.339 e. The van der Waals surface area contributed by atoms with Crippen molar-refractivity contribution in [3.63, 3.8) is 0 Å². The fraction of sp³-hybridized carbons (Fsp3) is 0.467. The van der Waals surface area contributed by atoms with Crippen LogP contribution in [0.4, 0.5) is 0 Å². The van der Waals surface area contributed by atoms with Gasteiger partial charge in [0.1, 0.15) is 0 Å². The topological polar surface area (TPSA) is 64.9 Å². The Morgan fingerprint density at radius 2 is 1.89 bits per heavy atom. The monoisotopic (exact) mass is 259 g/mol. The molecule has 4 heteroatoms. The lowest BCUT2D eigenvalue weighted by Gasteiger charge is -2.22. The van der Waals surface area contributed by atoms with Crippen molar-refractivity contribution in [2.24, 2.45) is 11.1 Å². The minimum absolute atomic E-state index is 0.218. The smallest absolute Gasteiger partial charge is 0.226 e. The van der Waals surface area contributed by atoms with Crippen LogP contribution >= 0.6 is 0 Å². The molecule has 0 aliphatic rings. The van der Waals surface area contributed by atoms with Crippen LogP contribution in [0.3, 0.4) is 0 Å². The summed E-state index contributed by atoms with van der Waals surface area (Å²) in [7, 11) is 0. The van der Waals surface area contributed by atoms with E-state index in [1.807, 2.05) is 30.3 Å². The summed E-state index contributed by atoms with van der Waals surface area (Å²) in [4.78, 5) is 4.43. The van der Waals surface area contributed by atoms with Crippen LogP contribution in [0.5, 0.6) is 0 Å². The Labute approximate surface area is 114 Å². The van der Waals surface area contributed by atoms with Crippen molar-refractivity contribution in [2.75, 3.05) is 6.54 Å². The van der Waals surface area contributed by atoms with Gasteiger partial charge in [-0.05, 0) is 24.8 Å². The molecule has 1 heterocycles. The van der Waals surface area contributed by atoms with Crippen LogP contribution in [0.15, 0.2) is 34.9 Å². The third-order valence-electron chi connectivity index (χ3n) is 3.34. The Morgan fingerprint density at radius 3 is 2.58 bits per heavy atom. The fourth-order valence-corrected chi connectivity index (χ4v) is 2.02. The minimum atomic E-state index is 0.218. The summed E-state index contributed by atoms with van der Waals surface area (Å²) in [6.07, 6.45) is 2.81. The highest BCUT2D eigenvalue weighted by atomic mass is 16.5. The van der Waals surface area contributed by atoms with Gasteiger partial charge in [-0.15, -0.1) is 0 Å². The maximum absolute atomic E-state index is 5.61. The van der Waals surface area contributed by atoms with Gasteiger partial charge in [0, 0.05) is 12.0 Å². The normalized spacial score (nSPS) is 11.7. The summed E-state index contributed by atoms with van der Waals surface area (Å²) in [6.45, 7) is 5.15. The molecule has 0 aliphatic heterocycles. The highest BCUT2D eigenvalue weighted by Gasteiger charge is 2.18. The molecule has 0 bridgehead atoms. The molecule has 0 aliphatic carbocycles. The van der Waals surface area contributed by atoms with Gasteiger partial charge < -0.3 is 10.3 Å². The molecule has 0 amide bonds. The van der Waals surface area contributed by atoms with Gasteiger partial charge in [-0.2, -0.15) is 4.98 Å². The first-order valence-electron chi connectivity index (χ1n) is 6.69. The molecule has 0 unspecified atom stereocenters. The molecule has 102 valence electrons.